The molecule has 3 heteroatoms. The molecular weight excluding hydrogens is 174 g/mol. The molecule has 14 heavy (non-hydrogen) atoms. The summed E-state index contributed by atoms with van der Waals surface area (Å²) in [5.74, 6) is 0. The second-order valence-electron chi connectivity index (χ2n) is 5.04. The van der Waals surface area contributed by atoms with Crippen molar-refractivity contribution in [1.29, 1.82) is 0 Å². The van der Waals surface area contributed by atoms with Gasteiger partial charge in [-0.3, -0.25) is 0 Å². The van der Waals surface area contributed by atoms with Crippen LogP contribution < -0.4 is 5.73 Å². The third kappa shape index (κ3) is 6.35. The number of likely N-dealkylation sites (N-methyl/N-ethyl adjacent to an activating group) is 2. The minimum atomic E-state index is 0.238. The lowest BCUT2D eigenvalue weighted by Gasteiger charge is -2.31. The summed E-state index contributed by atoms with van der Waals surface area (Å²) in [6.07, 6.45) is 0. The SMILES string of the molecule is CCN(CCN(C)C)CC(C)(C)CN. The van der Waals surface area contributed by atoms with Crippen LogP contribution in [0.1, 0.15) is 20.8 Å². The van der Waals surface area contributed by atoms with Gasteiger partial charge in [0.25, 0.3) is 0 Å². The molecule has 0 aliphatic heterocycles. The summed E-state index contributed by atoms with van der Waals surface area (Å²) in [4.78, 5) is 4.69. The van der Waals surface area contributed by atoms with Crippen molar-refractivity contribution < 1.29 is 0 Å². The van der Waals surface area contributed by atoms with Crippen molar-refractivity contribution in [1.82, 2.24) is 9.80 Å². The van der Waals surface area contributed by atoms with Crippen LogP contribution in [0.4, 0.5) is 0 Å². The molecule has 0 saturated heterocycles. The van der Waals surface area contributed by atoms with Crippen LogP contribution in [0.2, 0.25) is 0 Å². The van der Waals surface area contributed by atoms with E-state index in [0.717, 1.165) is 32.7 Å². The van der Waals surface area contributed by atoms with Gasteiger partial charge in [-0.15, -0.1) is 0 Å². The van der Waals surface area contributed by atoms with Crippen molar-refractivity contribution in [3.8, 4) is 0 Å². The lowest BCUT2D eigenvalue weighted by Crippen LogP contribution is -2.41. The zero-order chi connectivity index (χ0) is 11.2. The second kappa shape index (κ2) is 6.38. The molecule has 0 unspecified atom stereocenters. The van der Waals surface area contributed by atoms with E-state index in [0.29, 0.717) is 0 Å². The van der Waals surface area contributed by atoms with Gasteiger partial charge in [0.1, 0.15) is 0 Å². The van der Waals surface area contributed by atoms with Gasteiger partial charge in [-0.2, -0.15) is 0 Å². The molecule has 0 aliphatic carbocycles. The van der Waals surface area contributed by atoms with Gasteiger partial charge < -0.3 is 15.5 Å². The highest BCUT2D eigenvalue weighted by atomic mass is 15.2. The first-order valence-corrected chi connectivity index (χ1v) is 5.48. The molecule has 0 radical (unpaired) electrons. The van der Waals surface area contributed by atoms with E-state index in [1.54, 1.807) is 0 Å². The quantitative estimate of drug-likeness (QED) is 0.663. The van der Waals surface area contributed by atoms with E-state index in [2.05, 4.69) is 44.7 Å². The van der Waals surface area contributed by atoms with E-state index in [1.165, 1.54) is 0 Å². The van der Waals surface area contributed by atoms with Crippen LogP contribution in [0.25, 0.3) is 0 Å². The molecule has 0 atom stereocenters. The normalized spacial score (nSPS) is 12.9. The molecule has 2 N–H and O–H groups in total. The van der Waals surface area contributed by atoms with Crippen LogP contribution in [0.5, 0.6) is 0 Å². The molecule has 0 aromatic carbocycles. The third-order valence-electron chi connectivity index (χ3n) is 2.51. The standard InChI is InChI=1S/C11H27N3/c1-6-14(8-7-13(4)5)10-11(2,3)9-12/h6-10,12H2,1-5H3. The van der Waals surface area contributed by atoms with Crippen molar-refractivity contribution in [2.24, 2.45) is 11.1 Å². The number of hydrogen-bond donors (Lipinski definition) is 1. The predicted octanol–water partition coefficient (Wildman–Crippen LogP) is 0.855. The molecule has 3 nitrogen and oxygen atoms in total. The zero-order valence-electron chi connectivity index (χ0n) is 10.5. The Hall–Kier alpha value is -0.120. The fraction of sp³-hybridized carbons (Fsp3) is 1.00. The molecular formula is C11H27N3. The number of hydrogen-bond acceptors (Lipinski definition) is 3. The Balaban J connectivity index is 3.90. The van der Waals surface area contributed by atoms with E-state index in [1.807, 2.05) is 0 Å². The summed E-state index contributed by atoms with van der Waals surface area (Å²) in [7, 11) is 4.23. The first-order chi connectivity index (χ1) is 6.41. The maximum Gasteiger partial charge on any atom is 0.0109 e. The largest absolute Gasteiger partial charge is 0.330 e. The molecule has 0 spiro atoms. The molecule has 86 valence electrons. The Morgan fingerprint density at radius 2 is 1.71 bits per heavy atom. The Bertz CT molecular complexity index is 143. The van der Waals surface area contributed by atoms with E-state index in [9.17, 15) is 0 Å². The molecule has 0 rings (SSSR count). The van der Waals surface area contributed by atoms with Gasteiger partial charge in [0, 0.05) is 19.6 Å². The van der Waals surface area contributed by atoms with Crippen molar-refractivity contribution in [2.75, 3.05) is 46.8 Å². The summed E-state index contributed by atoms with van der Waals surface area (Å²) < 4.78 is 0. The summed E-state index contributed by atoms with van der Waals surface area (Å²) in [5, 5.41) is 0. The van der Waals surface area contributed by atoms with Gasteiger partial charge in [-0.25, -0.2) is 0 Å². The van der Waals surface area contributed by atoms with Crippen molar-refractivity contribution >= 4 is 0 Å². The van der Waals surface area contributed by atoms with Crippen LogP contribution in [0.15, 0.2) is 0 Å². The second-order valence-corrected chi connectivity index (χ2v) is 5.04. The molecule has 0 saturated carbocycles. The summed E-state index contributed by atoms with van der Waals surface area (Å²) in [5.41, 5.74) is 5.97. The maximum absolute atomic E-state index is 5.73. The lowest BCUT2D eigenvalue weighted by atomic mass is 9.93. The third-order valence-corrected chi connectivity index (χ3v) is 2.51. The van der Waals surface area contributed by atoms with Gasteiger partial charge in [-0.05, 0) is 32.6 Å². The first-order valence-electron chi connectivity index (χ1n) is 5.48. The van der Waals surface area contributed by atoms with Gasteiger partial charge in [0.2, 0.25) is 0 Å². The number of nitrogens with zero attached hydrogens (tertiary/aromatic N) is 2. The minimum absolute atomic E-state index is 0.238. The van der Waals surface area contributed by atoms with Crippen molar-refractivity contribution in [3.63, 3.8) is 0 Å². The van der Waals surface area contributed by atoms with Crippen LogP contribution >= 0.6 is 0 Å². The Morgan fingerprint density at radius 1 is 1.14 bits per heavy atom. The average molecular weight is 201 g/mol. The van der Waals surface area contributed by atoms with Gasteiger partial charge >= 0.3 is 0 Å². The van der Waals surface area contributed by atoms with E-state index in [4.69, 9.17) is 5.73 Å². The fourth-order valence-electron chi connectivity index (χ4n) is 1.36. The number of rotatable bonds is 7. The smallest absolute Gasteiger partial charge is 0.0109 e. The van der Waals surface area contributed by atoms with Crippen molar-refractivity contribution in [2.45, 2.75) is 20.8 Å². The van der Waals surface area contributed by atoms with E-state index >= 15 is 0 Å². The van der Waals surface area contributed by atoms with Crippen LogP contribution in [0.3, 0.4) is 0 Å². The van der Waals surface area contributed by atoms with Crippen LogP contribution in [0, 0.1) is 5.41 Å². The average Bonchev–Trinajstić information content (AvgIpc) is 2.12. The van der Waals surface area contributed by atoms with Crippen LogP contribution in [-0.2, 0) is 0 Å². The first kappa shape index (κ1) is 13.9. The summed E-state index contributed by atoms with van der Waals surface area (Å²) in [6.45, 7) is 11.9. The van der Waals surface area contributed by atoms with E-state index in [-0.39, 0.29) is 5.41 Å². The highest BCUT2D eigenvalue weighted by Crippen LogP contribution is 2.14. The van der Waals surface area contributed by atoms with Crippen molar-refractivity contribution in [3.05, 3.63) is 0 Å². The molecule has 0 bridgehead atoms. The van der Waals surface area contributed by atoms with Gasteiger partial charge in [-0.1, -0.05) is 20.8 Å². The molecule has 0 fully saturated rings. The summed E-state index contributed by atoms with van der Waals surface area (Å²) in [6, 6.07) is 0. The Kier molecular flexibility index (Phi) is 6.33. The van der Waals surface area contributed by atoms with Gasteiger partial charge in [0.05, 0.1) is 0 Å². The van der Waals surface area contributed by atoms with E-state index < -0.39 is 0 Å². The van der Waals surface area contributed by atoms with Gasteiger partial charge in [0.15, 0.2) is 0 Å². The minimum Gasteiger partial charge on any atom is -0.330 e. The fourth-order valence-corrected chi connectivity index (χ4v) is 1.36. The molecule has 0 aliphatic rings. The topological polar surface area (TPSA) is 32.5 Å². The van der Waals surface area contributed by atoms with Crippen LogP contribution in [-0.4, -0.2) is 56.6 Å². The monoisotopic (exact) mass is 201 g/mol. The molecule has 0 heterocycles. The molecule has 0 aromatic rings. The Labute approximate surface area is 89.2 Å². The zero-order valence-corrected chi connectivity index (χ0v) is 10.5. The highest BCUT2D eigenvalue weighted by molar-refractivity contribution is 4.74. The molecule has 0 amide bonds. The highest BCUT2D eigenvalue weighted by Gasteiger charge is 2.18. The maximum atomic E-state index is 5.73. The lowest BCUT2D eigenvalue weighted by molar-refractivity contribution is 0.176. The summed E-state index contributed by atoms with van der Waals surface area (Å²) >= 11 is 0. The Morgan fingerprint density at radius 3 is 2.07 bits per heavy atom. The predicted molar refractivity (Wildman–Crippen MR) is 63.5 cm³/mol. The molecule has 0 aromatic heterocycles. The number of nitrogens with two attached hydrogens (primary N) is 1.